The highest BCUT2D eigenvalue weighted by Crippen LogP contribution is 2.12. The van der Waals surface area contributed by atoms with Gasteiger partial charge in [0.1, 0.15) is 0 Å². The molecule has 0 spiro atoms. The predicted molar refractivity (Wildman–Crippen MR) is 83.3 cm³/mol. The lowest BCUT2D eigenvalue weighted by Gasteiger charge is -2.05. The van der Waals surface area contributed by atoms with Crippen LogP contribution in [-0.4, -0.2) is 28.1 Å². The Morgan fingerprint density at radius 1 is 1.05 bits per heavy atom. The zero-order valence-corrected chi connectivity index (χ0v) is 13.7. The molecule has 1 rings (SSSR count). The first-order chi connectivity index (χ1) is 10.2. The summed E-state index contributed by atoms with van der Waals surface area (Å²) >= 11 is 0. The number of esters is 1. The average Bonchev–Trinajstić information content (AvgIpc) is 2.92. The van der Waals surface area contributed by atoms with Gasteiger partial charge in [-0.25, -0.2) is 9.48 Å². The monoisotopic (exact) mass is 295 g/mol. The summed E-state index contributed by atoms with van der Waals surface area (Å²) in [7, 11) is 1.37. The van der Waals surface area contributed by atoms with Crippen molar-refractivity contribution in [3.05, 3.63) is 11.4 Å². The summed E-state index contributed by atoms with van der Waals surface area (Å²) in [5, 5.41) is 8.03. The van der Waals surface area contributed by atoms with Gasteiger partial charge in [0, 0.05) is 6.54 Å². The molecule has 5 heteroatoms. The number of carbonyl (C=O) groups excluding carboxylic acids is 1. The molecular formula is C16H29N3O2. The lowest BCUT2D eigenvalue weighted by Crippen LogP contribution is -2.09. The summed E-state index contributed by atoms with van der Waals surface area (Å²) in [4.78, 5) is 11.6. The number of rotatable bonds is 11. The zero-order valence-electron chi connectivity index (χ0n) is 13.7. The van der Waals surface area contributed by atoms with E-state index in [4.69, 9.17) is 4.74 Å². The molecule has 0 radical (unpaired) electrons. The molecule has 1 heterocycles. The molecule has 0 saturated heterocycles. The van der Waals surface area contributed by atoms with Gasteiger partial charge in [0.15, 0.2) is 5.69 Å². The number of carbonyl (C=O) groups is 1. The van der Waals surface area contributed by atoms with Gasteiger partial charge in [0.05, 0.1) is 12.8 Å². The number of unbranched alkanes of at least 4 members (excludes halogenated alkanes) is 7. The minimum Gasteiger partial charge on any atom is -0.464 e. The van der Waals surface area contributed by atoms with Crippen LogP contribution in [0.1, 0.15) is 81.4 Å². The van der Waals surface area contributed by atoms with Crippen LogP contribution in [0.3, 0.4) is 0 Å². The number of methoxy groups -OCH3 is 1. The second-order valence-corrected chi connectivity index (χ2v) is 5.43. The Bertz CT molecular complexity index is 416. The molecule has 0 amide bonds. The maximum atomic E-state index is 11.6. The van der Waals surface area contributed by atoms with E-state index in [0.717, 1.165) is 25.1 Å². The van der Waals surface area contributed by atoms with E-state index in [2.05, 4.69) is 17.2 Å². The topological polar surface area (TPSA) is 57.0 Å². The third-order valence-corrected chi connectivity index (χ3v) is 3.77. The molecule has 0 N–H and O–H groups in total. The van der Waals surface area contributed by atoms with Crippen LogP contribution in [0, 0.1) is 0 Å². The first-order valence-corrected chi connectivity index (χ1v) is 8.25. The zero-order chi connectivity index (χ0) is 15.5. The van der Waals surface area contributed by atoms with E-state index in [1.807, 2.05) is 11.6 Å². The predicted octanol–water partition coefficient (Wildman–Crippen LogP) is 3.77. The third-order valence-electron chi connectivity index (χ3n) is 3.77. The van der Waals surface area contributed by atoms with Gasteiger partial charge < -0.3 is 4.74 Å². The number of aryl methyl sites for hydroxylation is 1. The van der Waals surface area contributed by atoms with Crippen molar-refractivity contribution < 1.29 is 9.53 Å². The molecule has 0 bridgehead atoms. The van der Waals surface area contributed by atoms with Crippen LogP contribution in [0.5, 0.6) is 0 Å². The second-order valence-electron chi connectivity index (χ2n) is 5.43. The van der Waals surface area contributed by atoms with Crippen molar-refractivity contribution in [2.24, 2.45) is 0 Å². The fourth-order valence-electron chi connectivity index (χ4n) is 2.51. The van der Waals surface area contributed by atoms with Crippen molar-refractivity contribution >= 4 is 5.97 Å². The highest BCUT2D eigenvalue weighted by atomic mass is 16.5. The first kappa shape index (κ1) is 17.7. The van der Waals surface area contributed by atoms with E-state index in [0.29, 0.717) is 5.69 Å². The van der Waals surface area contributed by atoms with E-state index in [1.54, 1.807) is 0 Å². The molecule has 0 unspecified atom stereocenters. The molecule has 0 aliphatic heterocycles. The molecule has 0 aliphatic rings. The van der Waals surface area contributed by atoms with Crippen molar-refractivity contribution in [1.82, 2.24) is 15.0 Å². The summed E-state index contributed by atoms with van der Waals surface area (Å²) in [5.74, 6) is -0.394. The summed E-state index contributed by atoms with van der Waals surface area (Å²) < 4.78 is 6.58. The highest BCUT2D eigenvalue weighted by molar-refractivity contribution is 5.88. The number of nitrogens with zero attached hydrogens (tertiary/aromatic N) is 3. The smallest absolute Gasteiger partial charge is 0.360 e. The van der Waals surface area contributed by atoms with Gasteiger partial charge in [-0.2, -0.15) is 0 Å². The van der Waals surface area contributed by atoms with Gasteiger partial charge in [-0.1, -0.05) is 64.0 Å². The van der Waals surface area contributed by atoms with Crippen LogP contribution in [0.2, 0.25) is 0 Å². The minimum atomic E-state index is -0.394. The standard InChI is InChI=1S/C16H29N3O2/c1-4-6-7-8-9-10-11-12-13-19-14(5-2)15(17-18-19)16(20)21-3/h4-13H2,1-3H3. The molecule has 0 fully saturated rings. The second kappa shape index (κ2) is 10.4. The Morgan fingerprint density at radius 2 is 1.67 bits per heavy atom. The van der Waals surface area contributed by atoms with E-state index in [1.165, 1.54) is 52.1 Å². The lowest BCUT2D eigenvalue weighted by molar-refractivity contribution is 0.0592. The number of hydrogen-bond donors (Lipinski definition) is 0. The molecule has 120 valence electrons. The number of aromatic nitrogens is 3. The first-order valence-electron chi connectivity index (χ1n) is 8.25. The molecular weight excluding hydrogens is 266 g/mol. The number of ether oxygens (including phenoxy) is 1. The van der Waals surface area contributed by atoms with Crippen LogP contribution in [-0.2, 0) is 17.7 Å². The van der Waals surface area contributed by atoms with Crippen LogP contribution < -0.4 is 0 Å². The van der Waals surface area contributed by atoms with Crippen LogP contribution in [0.25, 0.3) is 0 Å². The van der Waals surface area contributed by atoms with Gasteiger partial charge in [-0.3, -0.25) is 0 Å². The largest absolute Gasteiger partial charge is 0.464 e. The summed E-state index contributed by atoms with van der Waals surface area (Å²) in [6, 6.07) is 0. The Kier molecular flexibility index (Phi) is 8.71. The average molecular weight is 295 g/mol. The van der Waals surface area contributed by atoms with Crippen molar-refractivity contribution in [3.8, 4) is 0 Å². The summed E-state index contributed by atoms with van der Waals surface area (Å²) in [5.41, 5.74) is 1.24. The van der Waals surface area contributed by atoms with Crippen molar-refractivity contribution in [1.29, 1.82) is 0 Å². The fourth-order valence-corrected chi connectivity index (χ4v) is 2.51. The maximum Gasteiger partial charge on any atom is 0.360 e. The van der Waals surface area contributed by atoms with E-state index in [9.17, 15) is 4.79 Å². The maximum absolute atomic E-state index is 11.6. The summed E-state index contributed by atoms with van der Waals surface area (Å²) in [6.45, 7) is 5.09. The van der Waals surface area contributed by atoms with Gasteiger partial charge in [0.25, 0.3) is 0 Å². The Morgan fingerprint density at radius 3 is 2.24 bits per heavy atom. The molecule has 0 aliphatic carbocycles. The van der Waals surface area contributed by atoms with Gasteiger partial charge in [-0.15, -0.1) is 5.10 Å². The van der Waals surface area contributed by atoms with Crippen LogP contribution in [0.4, 0.5) is 0 Å². The Balaban J connectivity index is 2.29. The van der Waals surface area contributed by atoms with Crippen molar-refractivity contribution in [2.75, 3.05) is 7.11 Å². The van der Waals surface area contributed by atoms with Crippen molar-refractivity contribution in [3.63, 3.8) is 0 Å². The Labute approximate surface area is 128 Å². The quantitative estimate of drug-likeness (QED) is 0.460. The fraction of sp³-hybridized carbons (Fsp3) is 0.812. The molecule has 0 saturated carbocycles. The highest BCUT2D eigenvalue weighted by Gasteiger charge is 2.18. The molecule has 0 aromatic carbocycles. The molecule has 1 aromatic rings. The third kappa shape index (κ3) is 5.86. The van der Waals surface area contributed by atoms with E-state index in [-0.39, 0.29) is 0 Å². The number of hydrogen-bond acceptors (Lipinski definition) is 4. The van der Waals surface area contributed by atoms with Gasteiger partial charge in [0.2, 0.25) is 0 Å². The van der Waals surface area contributed by atoms with Crippen LogP contribution >= 0.6 is 0 Å². The van der Waals surface area contributed by atoms with Gasteiger partial charge >= 0.3 is 5.97 Å². The molecule has 21 heavy (non-hydrogen) atoms. The normalized spacial score (nSPS) is 10.8. The SMILES string of the molecule is CCCCCCCCCCn1nnc(C(=O)OC)c1CC. The minimum absolute atomic E-state index is 0.361. The van der Waals surface area contributed by atoms with Gasteiger partial charge in [-0.05, 0) is 12.8 Å². The van der Waals surface area contributed by atoms with E-state index >= 15 is 0 Å². The summed E-state index contributed by atoms with van der Waals surface area (Å²) in [6.07, 6.45) is 11.0. The Hall–Kier alpha value is -1.39. The lowest BCUT2D eigenvalue weighted by atomic mass is 10.1. The molecule has 0 atom stereocenters. The molecule has 5 nitrogen and oxygen atoms in total. The van der Waals surface area contributed by atoms with Crippen LogP contribution in [0.15, 0.2) is 0 Å². The van der Waals surface area contributed by atoms with E-state index < -0.39 is 5.97 Å². The molecule has 1 aromatic heterocycles. The van der Waals surface area contributed by atoms with Crippen molar-refractivity contribution in [2.45, 2.75) is 78.2 Å².